The van der Waals surface area contributed by atoms with E-state index >= 15 is 0 Å². The summed E-state index contributed by atoms with van der Waals surface area (Å²) >= 11 is 5.67. The molecule has 32 heavy (non-hydrogen) atoms. The zero-order valence-electron chi connectivity index (χ0n) is 18.0. The molecule has 1 aromatic heterocycles. The van der Waals surface area contributed by atoms with Crippen LogP contribution in [0.1, 0.15) is 37.8 Å². The lowest BCUT2D eigenvalue weighted by Gasteiger charge is -2.37. The van der Waals surface area contributed by atoms with Crippen molar-refractivity contribution in [3.8, 4) is 11.4 Å². The predicted molar refractivity (Wildman–Crippen MR) is 125 cm³/mol. The molecule has 2 heterocycles. The van der Waals surface area contributed by atoms with Crippen LogP contribution in [-0.2, 0) is 4.74 Å². The first kappa shape index (κ1) is 22.1. The van der Waals surface area contributed by atoms with Gasteiger partial charge in [0.2, 0.25) is 5.82 Å². The number of aromatic nitrogens is 2. The van der Waals surface area contributed by atoms with Gasteiger partial charge >= 0.3 is 0 Å². The first-order valence-corrected chi connectivity index (χ1v) is 11.0. The zero-order valence-corrected chi connectivity index (χ0v) is 18.9. The Hall–Kier alpha value is -3.10. The second kappa shape index (κ2) is 10.0. The van der Waals surface area contributed by atoms with Crippen molar-refractivity contribution in [1.82, 2.24) is 20.4 Å². The Morgan fingerprint density at radius 3 is 2.62 bits per heavy atom. The first-order chi connectivity index (χ1) is 15.6. The SMILES string of the molecule is CCOCCCN1C(=S)NC(c2ccc(F)cc2)C(c2nc(-c3ccccc3)no2)=C1C. The molecule has 1 aliphatic heterocycles. The lowest BCUT2D eigenvalue weighted by Crippen LogP contribution is -2.46. The number of allylic oxidation sites excluding steroid dienone is 1. The number of hydrogen-bond acceptors (Lipinski definition) is 5. The van der Waals surface area contributed by atoms with Gasteiger partial charge in [-0.05, 0) is 50.2 Å². The van der Waals surface area contributed by atoms with Crippen LogP contribution in [0, 0.1) is 5.82 Å². The zero-order chi connectivity index (χ0) is 22.5. The summed E-state index contributed by atoms with van der Waals surface area (Å²) in [6.07, 6.45) is 0.820. The molecule has 1 atom stereocenters. The molecule has 4 rings (SSSR count). The molecule has 0 bridgehead atoms. The Morgan fingerprint density at radius 1 is 1.16 bits per heavy atom. The van der Waals surface area contributed by atoms with E-state index in [9.17, 15) is 4.39 Å². The highest BCUT2D eigenvalue weighted by atomic mass is 32.1. The van der Waals surface area contributed by atoms with Gasteiger partial charge in [0, 0.05) is 31.0 Å². The largest absolute Gasteiger partial charge is 0.382 e. The van der Waals surface area contributed by atoms with Gasteiger partial charge in [-0.1, -0.05) is 47.6 Å². The molecular formula is C24H25FN4O2S. The van der Waals surface area contributed by atoms with Gasteiger partial charge in [-0.3, -0.25) is 0 Å². The molecule has 1 unspecified atom stereocenters. The molecule has 0 aliphatic carbocycles. The van der Waals surface area contributed by atoms with E-state index in [1.54, 1.807) is 12.1 Å². The Morgan fingerprint density at radius 2 is 1.91 bits per heavy atom. The van der Waals surface area contributed by atoms with E-state index in [0.29, 0.717) is 36.6 Å². The predicted octanol–water partition coefficient (Wildman–Crippen LogP) is 4.96. The molecule has 0 fully saturated rings. The Balaban J connectivity index is 1.73. The summed E-state index contributed by atoms with van der Waals surface area (Å²) in [5.74, 6) is 0.617. The summed E-state index contributed by atoms with van der Waals surface area (Å²) in [6, 6.07) is 15.7. The number of halogens is 1. The van der Waals surface area contributed by atoms with E-state index in [0.717, 1.165) is 28.8 Å². The average molecular weight is 453 g/mol. The number of nitrogens with one attached hydrogen (secondary N) is 1. The van der Waals surface area contributed by atoms with Crippen LogP contribution in [0.25, 0.3) is 17.0 Å². The lowest BCUT2D eigenvalue weighted by molar-refractivity contribution is 0.141. The Bertz CT molecular complexity index is 1100. The van der Waals surface area contributed by atoms with Crippen molar-refractivity contribution < 1.29 is 13.7 Å². The van der Waals surface area contributed by atoms with E-state index in [1.165, 1.54) is 12.1 Å². The van der Waals surface area contributed by atoms with Gasteiger partial charge in [-0.25, -0.2) is 4.39 Å². The standard InChI is InChI=1S/C24H25FN4O2S/c1-3-30-15-7-14-29-16(2)20(21(26-24(29)32)17-10-12-19(25)13-11-17)23-27-22(28-31-23)18-8-5-4-6-9-18/h4-6,8-13,21H,3,7,14-15H2,1-2H3,(H,26,32). The third-order valence-electron chi connectivity index (χ3n) is 5.36. The van der Waals surface area contributed by atoms with Gasteiger partial charge in [0.1, 0.15) is 5.82 Å². The second-order valence-corrected chi connectivity index (χ2v) is 7.81. The van der Waals surface area contributed by atoms with E-state index in [1.807, 2.05) is 49.1 Å². The van der Waals surface area contributed by atoms with Gasteiger partial charge in [-0.2, -0.15) is 4.98 Å². The molecule has 1 aliphatic rings. The first-order valence-electron chi connectivity index (χ1n) is 10.6. The van der Waals surface area contributed by atoms with E-state index in [4.69, 9.17) is 21.5 Å². The molecule has 0 saturated carbocycles. The summed E-state index contributed by atoms with van der Waals surface area (Å²) < 4.78 is 24.7. The minimum atomic E-state index is -0.338. The number of nitrogens with zero attached hydrogens (tertiary/aromatic N) is 3. The fourth-order valence-corrected chi connectivity index (χ4v) is 4.09. The van der Waals surface area contributed by atoms with Crippen LogP contribution < -0.4 is 5.32 Å². The minimum absolute atomic E-state index is 0.295. The molecule has 0 radical (unpaired) electrons. The normalized spacial score (nSPS) is 16.4. The van der Waals surface area contributed by atoms with E-state index < -0.39 is 0 Å². The van der Waals surface area contributed by atoms with Crippen LogP contribution in [0.3, 0.4) is 0 Å². The molecule has 0 saturated heterocycles. The van der Waals surface area contributed by atoms with Gasteiger partial charge in [-0.15, -0.1) is 0 Å². The fourth-order valence-electron chi connectivity index (χ4n) is 3.74. The summed E-state index contributed by atoms with van der Waals surface area (Å²) in [6.45, 7) is 5.99. The maximum absolute atomic E-state index is 13.6. The third-order valence-corrected chi connectivity index (χ3v) is 5.70. The topological polar surface area (TPSA) is 63.4 Å². The summed E-state index contributed by atoms with van der Waals surface area (Å²) in [4.78, 5) is 6.70. The molecule has 2 aromatic carbocycles. The van der Waals surface area contributed by atoms with Crippen LogP contribution in [0.5, 0.6) is 0 Å². The summed E-state index contributed by atoms with van der Waals surface area (Å²) in [7, 11) is 0. The molecule has 8 heteroatoms. The van der Waals surface area contributed by atoms with Crippen LogP contribution in [0.15, 0.2) is 64.8 Å². The van der Waals surface area contributed by atoms with Gasteiger partial charge < -0.3 is 19.5 Å². The van der Waals surface area contributed by atoms with Crippen LogP contribution in [0.4, 0.5) is 4.39 Å². The van der Waals surface area contributed by atoms with Crippen molar-refractivity contribution in [3.05, 3.63) is 77.6 Å². The van der Waals surface area contributed by atoms with Crippen LogP contribution in [0.2, 0.25) is 0 Å². The number of hydrogen-bond donors (Lipinski definition) is 1. The lowest BCUT2D eigenvalue weighted by atomic mass is 9.94. The van der Waals surface area contributed by atoms with E-state index in [2.05, 4.69) is 15.5 Å². The highest BCUT2D eigenvalue weighted by molar-refractivity contribution is 7.80. The van der Waals surface area contributed by atoms with Crippen LogP contribution >= 0.6 is 12.2 Å². The molecule has 3 aromatic rings. The van der Waals surface area contributed by atoms with Crippen molar-refractivity contribution in [1.29, 1.82) is 0 Å². The molecule has 166 valence electrons. The van der Waals surface area contributed by atoms with Crippen LogP contribution in [-0.4, -0.2) is 39.9 Å². The Labute approximate surface area is 192 Å². The van der Waals surface area contributed by atoms with E-state index in [-0.39, 0.29) is 11.9 Å². The second-order valence-electron chi connectivity index (χ2n) is 7.42. The highest BCUT2D eigenvalue weighted by Gasteiger charge is 2.33. The molecule has 1 N–H and O–H groups in total. The van der Waals surface area contributed by atoms with Gasteiger partial charge in [0.05, 0.1) is 11.6 Å². The highest BCUT2D eigenvalue weighted by Crippen LogP contribution is 2.37. The Kier molecular flexibility index (Phi) is 6.92. The number of benzene rings is 2. The fraction of sp³-hybridized carbons (Fsp3) is 0.292. The van der Waals surface area contributed by atoms with Crippen molar-refractivity contribution in [3.63, 3.8) is 0 Å². The molecular weight excluding hydrogens is 427 g/mol. The smallest absolute Gasteiger partial charge is 0.258 e. The minimum Gasteiger partial charge on any atom is -0.382 e. The number of thiocarbonyl (C=S) groups is 1. The van der Waals surface area contributed by atoms with Gasteiger partial charge in [0.25, 0.3) is 5.89 Å². The monoisotopic (exact) mass is 452 g/mol. The quantitative estimate of drug-likeness (QED) is 0.383. The maximum Gasteiger partial charge on any atom is 0.258 e. The average Bonchev–Trinajstić information content (AvgIpc) is 3.29. The molecule has 0 amide bonds. The third kappa shape index (κ3) is 4.71. The maximum atomic E-state index is 13.6. The number of rotatable bonds is 8. The van der Waals surface area contributed by atoms with Crippen molar-refractivity contribution in [2.24, 2.45) is 0 Å². The van der Waals surface area contributed by atoms with Crippen molar-refractivity contribution in [2.45, 2.75) is 26.3 Å². The summed E-state index contributed by atoms with van der Waals surface area (Å²) in [5.41, 5.74) is 3.46. The number of ether oxygens (including phenoxy) is 1. The molecule has 6 nitrogen and oxygen atoms in total. The van der Waals surface area contributed by atoms with Gasteiger partial charge in [0.15, 0.2) is 5.11 Å². The van der Waals surface area contributed by atoms with Crippen molar-refractivity contribution in [2.75, 3.05) is 19.8 Å². The summed E-state index contributed by atoms with van der Waals surface area (Å²) in [5, 5.41) is 8.17. The molecule has 0 spiro atoms. The van der Waals surface area contributed by atoms with Crippen molar-refractivity contribution >= 4 is 22.9 Å².